The lowest BCUT2D eigenvalue weighted by Gasteiger charge is -1.75. The predicted octanol–water partition coefficient (Wildman–Crippen LogP) is 2.42. The van der Waals surface area contributed by atoms with E-state index in [0.29, 0.717) is 11.6 Å². The molecule has 0 fully saturated rings. The molecule has 2 aromatic heterocycles. The van der Waals surface area contributed by atoms with E-state index in [4.69, 9.17) is 9.95 Å². The Hall–Kier alpha value is -1.58. The van der Waals surface area contributed by atoms with Crippen molar-refractivity contribution in [1.29, 1.82) is 5.53 Å². The summed E-state index contributed by atoms with van der Waals surface area (Å²) in [5, 5.41) is 4.09. The van der Waals surface area contributed by atoms with Crippen LogP contribution in [0.3, 0.4) is 0 Å². The van der Waals surface area contributed by atoms with Gasteiger partial charge in [-0.1, -0.05) is 0 Å². The molecule has 0 aliphatic heterocycles. The number of hydrogen-bond acceptors (Lipinski definition) is 3. The van der Waals surface area contributed by atoms with Crippen LogP contribution in [-0.4, -0.2) is 4.98 Å². The fourth-order valence-electron chi connectivity index (χ4n) is 0.890. The van der Waals surface area contributed by atoms with E-state index in [9.17, 15) is 0 Å². The molecule has 50 valence electrons. The van der Waals surface area contributed by atoms with E-state index >= 15 is 0 Å². The van der Waals surface area contributed by atoms with Crippen LogP contribution in [0.25, 0.3) is 11.1 Å². The topological polar surface area (TPSA) is 65.1 Å². The molecule has 0 aliphatic carbocycles. The molecule has 0 spiro atoms. The van der Waals surface area contributed by atoms with Gasteiger partial charge in [-0.05, 0) is 6.07 Å². The van der Waals surface area contributed by atoms with E-state index in [-0.39, 0.29) is 0 Å². The van der Waals surface area contributed by atoms with Gasteiger partial charge in [0.25, 0.3) is 0 Å². The molecular formula is C6H5N3O. The normalized spacial score (nSPS) is 10.4. The molecule has 0 aromatic carbocycles. The Labute approximate surface area is 56.4 Å². The minimum Gasteiger partial charge on any atom is -0.420 e. The van der Waals surface area contributed by atoms with Crippen LogP contribution in [0, 0.1) is 5.53 Å². The summed E-state index contributed by atoms with van der Waals surface area (Å²) in [5.74, 6) is 0.335. The van der Waals surface area contributed by atoms with Crippen molar-refractivity contribution in [1.82, 2.24) is 4.98 Å². The lowest BCUT2D eigenvalue weighted by Crippen LogP contribution is -1.51. The highest BCUT2D eigenvalue weighted by atomic mass is 16.4. The lowest BCUT2D eigenvalue weighted by molar-refractivity contribution is 0.604. The van der Waals surface area contributed by atoms with Gasteiger partial charge in [0.15, 0.2) is 0 Å². The molecule has 0 aliphatic rings. The number of nitrogens with zero attached hydrogens (tertiary/aromatic N) is 1. The van der Waals surface area contributed by atoms with Gasteiger partial charge in [0.1, 0.15) is 0 Å². The second-order valence-electron chi connectivity index (χ2n) is 1.96. The van der Waals surface area contributed by atoms with Gasteiger partial charge >= 0.3 is 0 Å². The van der Waals surface area contributed by atoms with Crippen molar-refractivity contribution < 1.29 is 4.42 Å². The molecule has 4 nitrogen and oxygen atoms in total. The van der Waals surface area contributed by atoms with Crippen LogP contribution in [0.5, 0.6) is 0 Å². The first kappa shape index (κ1) is 5.22. The maximum absolute atomic E-state index is 6.63. The van der Waals surface area contributed by atoms with Gasteiger partial charge in [-0.2, -0.15) is 0 Å². The van der Waals surface area contributed by atoms with E-state index in [0.717, 1.165) is 5.39 Å². The molecule has 0 radical (unpaired) electrons. The largest absolute Gasteiger partial charge is 0.420 e. The molecule has 0 amide bonds. The highest BCUT2D eigenvalue weighted by molar-refractivity contribution is 5.77. The van der Waals surface area contributed by atoms with Crippen molar-refractivity contribution in [2.45, 2.75) is 0 Å². The Bertz CT molecular complexity index is 331. The van der Waals surface area contributed by atoms with E-state index in [1.807, 2.05) is 6.07 Å². The Balaban J connectivity index is 2.78. The highest BCUT2D eigenvalue weighted by Crippen LogP contribution is 2.23. The van der Waals surface area contributed by atoms with Crippen molar-refractivity contribution in [2.24, 2.45) is 5.11 Å². The molecule has 0 saturated carbocycles. The van der Waals surface area contributed by atoms with Crippen molar-refractivity contribution >= 4 is 17.0 Å². The lowest BCUT2D eigenvalue weighted by atomic mass is 10.4. The van der Waals surface area contributed by atoms with Crippen LogP contribution in [0.4, 0.5) is 5.88 Å². The predicted molar refractivity (Wildman–Crippen MR) is 35.4 cm³/mol. The molecule has 0 atom stereocenters. The number of fused-ring (bicyclic) bond motifs is 1. The zero-order valence-corrected chi connectivity index (χ0v) is 5.09. The standard InChI is InChI=1S/C6H5N3O/c7-9-5-3-4-1-2-8-6(4)10-5/h1-3,7-8H. The number of nitrogens with one attached hydrogen (secondary N) is 2. The smallest absolute Gasteiger partial charge is 0.240 e. The third kappa shape index (κ3) is 0.556. The van der Waals surface area contributed by atoms with Gasteiger partial charge in [-0.15, -0.1) is 5.11 Å². The van der Waals surface area contributed by atoms with E-state index < -0.39 is 0 Å². The van der Waals surface area contributed by atoms with Crippen LogP contribution in [-0.2, 0) is 0 Å². The van der Waals surface area contributed by atoms with Crippen molar-refractivity contribution in [3.8, 4) is 0 Å². The summed E-state index contributed by atoms with van der Waals surface area (Å²) >= 11 is 0. The van der Waals surface area contributed by atoms with Crippen LogP contribution in [0.2, 0.25) is 0 Å². The number of aromatic amines is 1. The monoisotopic (exact) mass is 135 g/mol. The molecule has 2 N–H and O–H groups in total. The average molecular weight is 135 g/mol. The molecule has 10 heavy (non-hydrogen) atoms. The van der Waals surface area contributed by atoms with Crippen LogP contribution in [0.1, 0.15) is 0 Å². The summed E-state index contributed by atoms with van der Waals surface area (Å²) < 4.78 is 5.05. The maximum Gasteiger partial charge on any atom is 0.240 e. The Kier molecular flexibility index (Phi) is 0.887. The molecule has 4 heteroatoms. The summed E-state index contributed by atoms with van der Waals surface area (Å²) in [4.78, 5) is 2.86. The summed E-state index contributed by atoms with van der Waals surface area (Å²) in [6.07, 6.45) is 1.78. The van der Waals surface area contributed by atoms with Gasteiger partial charge in [0, 0.05) is 17.6 Å². The molecular weight excluding hydrogens is 130 g/mol. The Morgan fingerprint density at radius 2 is 2.50 bits per heavy atom. The van der Waals surface area contributed by atoms with Crippen molar-refractivity contribution in [2.75, 3.05) is 0 Å². The zero-order valence-electron chi connectivity index (χ0n) is 5.09. The third-order valence-corrected chi connectivity index (χ3v) is 1.34. The van der Waals surface area contributed by atoms with Crippen LogP contribution in [0.15, 0.2) is 27.9 Å². The van der Waals surface area contributed by atoms with Crippen molar-refractivity contribution in [3.63, 3.8) is 0 Å². The maximum atomic E-state index is 6.63. The molecule has 0 unspecified atom stereocenters. The second-order valence-corrected chi connectivity index (χ2v) is 1.96. The molecule has 0 bridgehead atoms. The molecule has 2 rings (SSSR count). The first-order chi connectivity index (χ1) is 4.90. The summed E-state index contributed by atoms with van der Waals surface area (Å²) in [7, 11) is 0. The third-order valence-electron chi connectivity index (χ3n) is 1.34. The number of rotatable bonds is 1. The van der Waals surface area contributed by atoms with E-state index in [1.54, 1.807) is 12.3 Å². The van der Waals surface area contributed by atoms with Gasteiger partial charge in [-0.3, -0.25) is 0 Å². The fraction of sp³-hybridized carbons (Fsp3) is 0. The first-order valence-corrected chi connectivity index (χ1v) is 2.84. The minimum absolute atomic E-state index is 0.335. The zero-order chi connectivity index (χ0) is 6.97. The first-order valence-electron chi connectivity index (χ1n) is 2.84. The number of furan rings is 1. The van der Waals surface area contributed by atoms with Crippen LogP contribution >= 0.6 is 0 Å². The SMILES string of the molecule is N=Nc1cc2cc[nH]c2o1. The number of aromatic nitrogens is 1. The molecule has 2 heterocycles. The second kappa shape index (κ2) is 1.70. The fourth-order valence-corrected chi connectivity index (χ4v) is 0.890. The average Bonchev–Trinajstić information content (AvgIpc) is 2.42. The summed E-state index contributed by atoms with van der Waals surface area (Å²) in [6, 6.07) is 3.58. The Morgan fingerprint density at radius 3 is 3.20 bits per heavy atom. The van der Waals surface area contributed by atoms with Gasteiger partial charge in [-0.25, -0.2) is 5.53 Å². The number of hydrogen-bond donors (Lipinski definition) is 2. The van der Waals surface area contributed by atoms with E-state index in [2.05, 4.69) is 10.1 Å². The number of H-pyrrole nitrogens is 1. The van der Waals surface area contributed by atoms with Crippen molar-refractivity contribution in [3.05, 3.63) is 18.3 Å². The quantitative estimate of drug-likeness (QED) is 0.579. The van der Waals surface area contributed by atoms with E-state index in [1.165, 1.54) is 0 Å². The molecule has 0 saturated heterocycles. The van der Waals surface area contributed by atoms with Gasteiger partial charge in [0.05, 0.1) is 0 Å². The van der Waals surface area contributed by atoms with Gasteiger partial charge < -0.3 is 9.40 Å². The minimum atomic E-state index is 0.335. The summed E-state index contributed by atoms with van der Waals surface area (Å²) in [5.41, 5.74) is 7.30. The van der Waals surface area contributed by atoms with Crippen LogP contribution < -0.4 is 0 Å². The summed E-state index contributed by atoms with van der Waals surface area (Å²) in [6.45, 7) is 0. The van der Waals surface area contributed by atoms with Gasteiger partial charge in [0.2, 0.25) is 11.6 Å². The highest BCUT2D eigenvalue weighted by Gasteiger charge is 2.00. The molecule has 2 aromatic rings. The Morgan fingerprint density at radius 1 is 1.60 bits per heavy atom.